The van der Waals surface area contributed by atoms with Crippen LogP contribution in [0.2, 0.25) is 0 Å². The van der Waals surface area contributed by atoms with Crippen molar-refractivity contribution in [1.82, 2.24) is 14.8 Å². The van der Waals surface area contributed by atoms with E-state index in [1.54, 1.807) is 37.7 Å². The zero-order chi connectivity index (χ0) is 18.7. The van der Waals surface area contributed by atoms with Gasteiger partial charge in [-0.05, 0) is 50.6 Å². The Hall–Kier alpha value is -3.35. The highest BCUT2D eigenvalue weighted by Crippen LogP contribution is 2.21. The molecule has 134 valence electrons. The van der Waals surface area contributed by atoms with Crippen molar-refractivity contribution in [3.8, 4) is 5.69 Å². The van der Waals surface area contributed by atoms with E-state index < -0.39 is 5.97 Å². The van der Waals surface area contributed by atoms with Crippen LogP contribution < -0.4 is 5.32 Å². The highest BCUT2D eigenvalue weighted by molar-refractivity contribution is 6.06. The number of nitrogens with one attached hydrogen (secondary N) is 2. The van der Waals surface area contributed by atoms with Crippen molar-refractivity contribution < 1.29 is 14.3 Å². The number of rotatable bonds is 5. The summed E-state index contributed by atoms with van der Waals surface area (Å²) < 4.78 is 6.76. The number of aryl methyl sites for hydroxylation is 1. The Bertz CT molecular complexity index is 942. The third-order valence-corrected chi connectivity index (χ3v) is 4.02. The number of aromatic nitrogens is 3. The minimum absolute atomic E-state index is 0.282. The molecule has 3 rings (SSSR count). The zero-order valence-corrected chi connectivity index (χ0v) is 14.9. The smallest absolute Gasteiger partial charge is 0.340 e. The third-order valence-electron chi connectivity index (χ3n) is 4.02. The van der Waals surface area contributed by atoms with Crippen molar-refractivity contribution in [3.63, 3.8) is 0 Å². The fourth-order valence-corrected chi connectivity index (χ4v) is 2.83. The quantitative estimate of drug-likeness (QED) is 0.690. The lowest BCUT2D eigenvalue weighted by Gasteiger charge is -2.08. The molecular formula is C19H20N4O3. The first kappa shape index (κ1) is 17.5. The summed E-state index contributed by atoms with van der Waals surface area (Å²) >= 11 is 0. The van der Waals surface area contributed by atoms with Crippen molar-refractivity contribution >= 4 is 17.6 Å². The molecule has 0 unspecified atom stereocenters. The van der Waals surface area contributed by atoms with Crippen molar-refractivity contribution in [2.45, 2.75) is 20.8 Å². The van der Waals surface area contributed by atoms with E-state index in [2.05, 4.69) is 15.4 Å². The van der Waals surface area contributed by atoms with Crippen molar-refractivity contribution in [2.75, 3.05) is 11.9 Å². The molecule has 0 aliphatic rings. The van der Waals surface area contributed by atoms with Gasteiger partial charge in [-0.3, -0.25) is 4.79 Å². The standard InChI is InChI=1S/C19H20N4O3/c1-4-26-19(25)16-12(2)17(21-13(16)3)18(24)22-14-7-5-8-15(11-14)23-10-6-9-20-23/h5-11,21H,4H2,1-3H3,(H,22,24). The van der Waals surface area contributed by atoms with Crippen molar-refractivity contribution in [1.29, 1.82) is 0 Å². The Morgan fingerprint density at radius 1 is 1.27 bits per heavy atom. The summed E-state index contributed by atoms with van der Waals surface area (Å²) in [5.41, 5.74) is 3.39. The number of hydrogen-bond donors (Lipinski definition) is 2. The van der Waals surface area contributed by atoms with E-state index in [0.717, 1.165) is 5.69 Å². The van der Waals surface area contributed by atoms with Crippen LogP contribution in [0, 0.1) is 13.8 Å². The molecule has 2 aromatic heterocycles. The first-order chi connectivity index (χ1) is 12.5. The van der Waals surface area contributed by atoms with E-state index in [1.807, 2.05) is 30.5 Å². The molecule has 2 N–H and O–H groups in total. The topological polar surface area (TPSA) is 89.0 Å². The van der Waals surface area contributed by atoms with Gasteiger partial charge < -0.3 is 15.0 Å². The Balaban J connectivity index is 1.84. The highest BCUT2D eigenvalue weighted by Gasteiger charge is 2.22. The number of esters is 1. The van der Waals surface area contributed by atoms with Crippen LogP contribution >= 0.6 is 0 Å². The molecule has 0 bridgehead atoms. The van der Waals surface area contributed by atoms with Crippen molar-refractivity contribution in [2.24, 2.45) is 0 Å². The number of benzene rings is 1. The number of ether oxygens (including phenoxy) is 1. The lowest BCUT2D eigenvalue weighted by molar-refractivity contribution is 0.0525. The van der Waals surface area contributed by atoms with Crippen LogP contribution in [0.15, 0.2) is 42.7 Å². The largest absolute Gasteiger partial charge is 0.462 e. The average Bonchev–Trinajstić information content (AvgIpc) is 3.23. The van der Waals surface area contributed by atoms with E-state index in [0.29, 0.717) is 28.2 Å². The number of anilines is 1. The number of amides is 1. The van der Waals surface area contributed by atoms with E-state index in [4.69, 9.17) is 4.74 Å². The molecule has 0 atom stereocenters. The molecule has 2 heterocycles. The molecule has 0 aliphatic carbocycles. The van der Waals surface area contributed by atoms with E-state index in [9.17, 15) is 9.59 Å². The van der Waals surface area contributed by atoms with E-state index in [-0.39, 0.29) is 12.5 Å². The average molecular weight is 352 g/mol. The Kier molecular flexibility index (Phi) is 4.88. The summed E-state index contributed by atoms with van der Waals surface area (Å²) in [6.07, 6.45) is 3.51. The molecule has 0 saturated carbocycles. The van der Waals surface area contributed by atoms with E-state index >= 15 is 0 Å². The second-order valence-electron chi connectivity index (χ2n) is 5.80. The van der Waals surface area contributed by atoms with Crippen LogP contribution in [0.5, 0.6) is 0 Å². The van der Waals surface area contributed by atoms with Gasteiger partial charge in [0.1, 0.15) is 5.69 Å². The number of H-pyrrole nitrogens is 1. The van der Waals surface area contributed by atoms with Gasteiger partial charge >= 0.3 is 5.97 Å². The predicted molar refractivity (Wildman–Crippen MR) is 97.7 cm³/mol. The second kappa shape index (κ2) is 7.26. The highest BCUT2D eigenvalue weighted by atomic mass is 16.5. The second-order valence-corrected chi connectivity index (χ2v) is 5.80. The van der Waals surface area contributed by atoms with Gasteiger partial charge in [0.25, 0.3) is 5.91 Å². The lowest BCUT2D eigenvalue weighted by Crippen LogP contribution is -2.14. The number of carbonyl (C=O) groups is 2. The summed E-state index contributed by atoms with van der Waals surface area (Å²) in [7, 11) is 0. The molecule has 7 heteroatoms. The Morgan fingerprint density at radius 3 is 2.77 bits per heavy atom. The van der Waals surface area contributed by atoms with Gasteiger partial charge in [0.05, 0.1) is 17.9 Å². The molecule has 1 aromatic carbocycles. The zero-order valence-electron chi connectivity index (χ0n) is 14.9. The van der Waals surface area contributed by atoms with Gasteiger partial charge in [-0.25, -0.2) is 9.48 Å². The van der Waals surface area contributed by atoms with Gasteiger partial charge in [0, 0.05) is 23.8 Å². The molecule has 0 aliphatic heterocycles. The molecule has 0 saturated heterocycles. The van der Waals surface area contributed by atoms with Gasteiger partial charge in [-0.2, -0.15) is 5.10 Å². The molecule has 7 nitrogen and oxygen atoms in total. The van der Waals surface area contributed by atoms with Crippen LogP contribution in [0.1, 0.15) is 39.0 Å². The van der Waals surface area contributed by atoms with Gasteiger partial charge in [-0.1, -0.05) is 6.07 Å². The normalized spacial score (nSPS) is 10.6. The van der Waals surface area contributed by atoms with Crippen LogP contribution in [-0.4, -0.2) is 33.2 Å². The fourth-order valence-electron chi connectivity index (χ4n) is 2.83. The first-order valence-electron chi connectivity index (χ1n) is 8.29. The van der Waals surface area contributed by atoms with E-state index in [1.165, 1.54) is 0 Å². The summed E-state index contributed by atoms with van der Waals surface area (Å²) in [6, 6.07) is 9.17. The Labute approximate surface area is 151 Å². The molecule has 26 heavy (non-hydrogen) atoms. The number of aromatic amines is 1. The maximum Gasteiger partial charge on any atom is 0.340 e. The summed E-state index contributed by atoms with van der Waals surface area (Å²) in [5.74, 6) is -0.753. The first-order valence-corrected chi connectivity index (χ1v) is 8.29. The molecule has 0 radical (unpaired) electrons. The van der Waals surface area contributed by atoms with Crippen LogP contribution in [-0.2, 0) is 4.74 Å². The maximum atomic E-state index is 12.7. The summed E-state index contributed by atoms with van der Waals surface area (Å²) in [4.78, 5) is 27.7. The molecular weight excluding hydrogens is 332 g/mol. The number of hydrogen-bond acceptors (Lipinski definition) is 4. The molecule has 0 spiro atoms. The van der Waals surface area contributed by atoms with Gasteiger partial charge in [0.2, 0.25) is 0 Å². The maximum absolute atomic E-state index is 12.7. The summed E-state index contributed by atoms with van der Waals surface area (Å²) in [5, 5.41) is 7.03. The van der Waals surface area contributed by atoms with Crippen molar-refractivity contribution in [3.05, 3.63) is 65.2 Å². The molecule has 0 fully saturated rings. The van der Waals surface area contributed by atoms with Crippen LogP contribution in [0.3, 0.4) is 0 Å². The Morgan fingerprint density at radius 2 is 2.08 bits per heavy atom. The van der Waals surface area contributed by atoms with Crippen LogP contribution in [0.25, 0.3) is 5.69 Å². The van der Waals surface area contributed by atoms with Gasteiger partial charge in [0.15, 0.2) is 0 Å². The number of nitrogens with zero attached hydrogens (tertiary/aromatic N) is 2. The minimum atomic E-state index is -0.432. The monoisotopic (exact) mass is 352 g/mol. The minimum Gasteiger partial charge on any atom is -0.462 e. The third kappa shape index (κ3) is 3.37. The predicted octanol–water partition coefficient (Wildman–Crippen LogP) is 3.25. The SMILES string of the molecule is CCOC(=O)c1c(C)[nH]c(C(=O)Nc2cccc(-n3cccn3)c2)c1C. The number of carbonyl (C=O) groups excluding carboxylic acids is 2. The fraction of sp³-hybridized carbons (Fsp3) is 0.211. The lowest BCUT2D eigenvalue weighted by atomic mass is 10.1. The van der Waals surface area contributed by atoms with Gasteiger partial charge in [-0.15, -0.1) is 0 Å². The summed E-state index contributed by atoms with van der Waals surface area (Å²) in [6.45, 7) is 5.50. The molecule has 1 amide bonds. The van der Waals surface area contributed by atoms with Crippen LogP contribution in [0.4, 0.5) is 5.69 Å². The molecule has 3 aromatic rings.